The number of hydrogen-bond donors (Lipinski definition) is 2. The van der Waals surface area contributed by atoms with Crippen LogP contribution in [-0.4, -0.2) is 38.1 Å². The number of carbonyl (C=O) groups excluding carboxylic acids is 1. The third-order valence-corrected chi connectivity index (χ3v) is 3.99. The summed E-state index contributed by atoms with van der Waals surface area (Å²) in [7, 11) is 0. The number of ether oxygens (including phenoxy) is 3. The first kappa shape index (κ1) is 16.1. The largest absolute Gasteiger partial charge is 0.493 e. The summed E-state index contributed by atoms with van der Waals surface area (Å²) >= 11 is 0. The Bertz CT molecular complexity index is 589. The molecule has 1 aromatic rings. The fourth-order valence-electron chi connectivity index (χ4n) is 2.99. The van der Waals surface area contributed by atoms with Crippen LogP contribution < -0.4 is 15.4 Å². The van der Waals surface area contributed by atoms with E-state index in [1.807, 2.05) is 39.0 Å². The Balaban J connectivity index is 1.82. The van der Waals surface area contributed by atoms with Crippen molar-refractivity contribution in [2.45, 2.75) is 38.3 Å². The van der Waals surface area contributed by atoms with Gasteiger partial charge in [-0.05, 0) is 39.0 Å². The van der Waals surface area contributed by atoms with Crippen LogP contribution in [0.15, 0.2) is 18.2 Å². The number of fused-ring (bicyclic) bond motifs is 2. The SMILES string of the molecule is CC(C)(C)OC(=O)Nc1ccc2c(c1)[C@]1(CCO2)COCCN1. The van der Waals surface area contributed by atoms with Crippen LogP contribution in [0.25, 0.3) is 0 Å². The number of hydrogen-bond acceptors (Lipinski definition) is 5. The molecule has 0 radical (unpaired) electrons. The van der Waals surface area contributed by atoms with E-state index in [0.717, 1.165) is 24.3 Å². The molecule has 0 aromatic heterocycles. The Hall–Kier alpha value is -1.79. The Labute approximate surface area is 136 Å². The van der Waals surface area contributed by atoms with Gasteiger partial charge in [0, 0.05) is 24.2 Å². The maximum Gasteiger partial charge on any atom is 0.412 e. The molecule has 1 fully saturated rings. The van der Waals surface area contributed by atoms with Crippen LogP contribution in [0, 0.1) is 0 Å². The Kier molecular flexibility index (Phi) is 4.21. The predicted molar refractivity (Wildman–Crippen MR) is 86.9 cm³/mol. The van der Waals surface area contributed by atoms with Gasteiger partial charge < -0.3 is 19.5 Å². The van der Waals surface area contributed by atoms with Crippen LogP contribution in [0.2, 0.25) is 0 Å². The fourth-order valence-corrected chi connectivity index (χ4v) is 2.99. The minimum atomic E-state index is -0.526. The van der Waals surface area contributed by atoms with E-state index in [-0.39, 0.29) is 5.54 Å². The van der Waals surface area contributed by atoms with Gasteiger partial charge in [0.25, 0.3) is 0 Å². The summed E-state index contributed by atoms with van der Waals surface area (Å²) < 4.78 is 16.7. The molecule has 1 spiro atoms. The van der Waals surface area contributed by atoms with E-state index >= 15 is 0 Å². The zero-order valence-electron chi connectivity index (χ0n) is 13.9. The summed E-state index contributed by atoms with van der Waals surface area (Å²) in [4.78, 5) is 12.0. The van der Waals surface area contributed by atoms with Gasteiger partial charge in [0.15, 0.2) is 0 Å². The van der Waals surface area contributed by atoms with Crippen molar-refractivity contribution in [2.75, 3.05) is 31.7 Å². The first-order chi connectivity index (χ1) is 10.9. The lowest BCUT2D eigenvalue weighted by atomic mass is 9.84. The first-order valence-corrected chi connectivity index (χ1v) is 7.98. The Morgan fingerprint density at radius 2 is 2.17 bits per heavy atom. The zero-order chi connectivity index (χ0) is 16.5. The second-order valence-electron chi connectivity index (χ2n) is 7.00. The Morgan fingerprint density at radius 1 is 1.35 bits per heavy atom. The lowest BCUT2D eigenvalue weighted by Crippen LogP contribution is -2.54. The summed E-state index contributed by atoms with van der Waals surface area (Å²) in [6, 6.07) is 5.66. The van der Waals surface area contributed by atoms with Gasteiger partial charge in [0.1, 0.15) is 11.4 Å². The minimum Gasteiger partial charge on any atom is -0.493 e. The van der Waals surface area contributed by atoms with Gasteiger partial charge in [-0.1, -0.05) is 0 Å². The van der Waals surface area contributed by atoms with Crippen molar-refractivity contribution in [1.29, 1.82) is 0 Å². The van der Waals surface area contributed by atoms with Crippen molar-refractivity contribution in [3.8, 4) is 5.75 Å². The molecule has 23 heavy (non-hydrogen) atoms. The number of morpholine rings is 1. The summed E-state index contributed by atoms with van der Waals surface area (Å²) in [5, 5.41) is 6.35. The van der Waals surface area contributed by atoms with E-state index in [4.69, 9.17) is 14.2 Å². The van der Waals surface area contributed by atoms with Gasteiger partial charge in [-0.25, -0.2) is 4.79 Å². The molecular formula is C17H24N2O4. The van der Waals surface area contributed by atoms with Crippen LogP contribution in [0.5, 0.6) is 5.75 Å². The van der Waals surface area contributed by atoms with Gasteiger partial charge in [0.2, 0.25) is 0 Å². The molecule has 0 unspecified atom stereocenters. The molecule has 6 heteroatoms. The molecule has 2 aliphatic heterocycles. The van der Waals surface area contributed by atoms with E-state index in [9.17, 15) is 4.79 Å². The van der Waals surface area contributed by atoms with Crippen LogP contribution in [0.3, 0.4) is 0 Å². The molecule has 0 aliphatic carbocycles. The lowest BCUT2D eigenvalue weighted by Gasteiger charge is -2.42. The molecule has 1 amide bonds. The highest BCUT2D eigenvalue weighted by molar-refractivity contribution is 5.85. The maximum absolute atomic E-state index is 12.0. The summed E-state index contributed by atoms with van der Waals surface area (Å²) in [6.45, 7) is 8.31. The lowest BCUT2D eigenvalue weighted by molar-refractivity contribution is 0.00567. The number of amides is 1. The van der Waals surface area contributed by atoms with Gasteiger partial charge >= 0.3 is 6.09 Å². The third kappa shape index (κ3) is 3.59. The predicted octanol–water partition coefficient (Wildman–Crippen LogP) is 2.63. The highest BCUT2D eigenvalue weighted by atomic mass is 16.6. The number of nitrogens with one attached hydrogen (secondary N) is 2. The average Bonchev–Trinajstić information content (AvgIpc) is 2.47. The van der Waals surface area contributed by atoms with Crippen LogP contribution >= 0.6 is 0 Å². The number of rotatable bonds is 1. The topological polar surface area (TPSA) is 68.8 Å². The van der Waals surface area contributed by atoms with E-state index in [1.54, 1.807) is 0 Å². The van der Waals surface area contributed by atoms with Gasteiger partial charge in [-0.2, -0.15) is 0 Å². The van der Waals surface area contributed by atoms with Crippen molar-refractivity contribution in [1.82, 2.24) is 5.32 Å². The molecular weight excluding hydrogens is 296 g/mol. The van der Waals surface area contributed by atoms with Crippen molar-refractivity contribution < 1.29 is 19.0 Å². The van der Waals surface area contributed by atoms with Crippen LogP contribution in [0.1, 0.15) is 32.8 Å². The van der Waals surface area contributed by atoms with Crippen LogP contribution in [-0.2, 0) is 15.0 Å². The molecule has 0 bridgehead atoms. The van der Waals surface area contributed by atoms with E-state index in [1.165, 1.54) is 0 Å². The number of benzene rings is 1. The maximum atomic E-state index is 12.0. The van der Waals surface area contributed by atoms with Crippen molar-refractivity contribution >= 4 is 11.8 Å². The van der Waals surface area contributed by atoms with Crippen molar-refractivity contribution in [3.05, 3.63) is 23.8 Å². The second kappa shape index (κ2) is 6.02. The van der Waals surface area contributed by atoms with Gasteiger partial charge in [-0.15, -0.1) is 0 Å². The second-order valence-corrected chi connectivity index (χ2v) is 7.00. The average molecular weight is 320 g/mol. The number of carbonyl (C=O) groups is 1. The standard InChI is InChI=1S/C17H24N2O4/c1-16(2,3)23-15(20)19-12-4-5-14-13(10-12)17(6-8-22-14)11-21-9-7-18-17/h4-5,10,18H,6-9,11H2,1-3H3,(H,19,20)/t17-/m0/s1. The molecule has 1 atom stereocenters. The minimum absolute atomic E-state index is 0.239. The summed E-state index contributed by atoms with van der Waals surface area (Å²) in [6.07, 6.45) is 0.381. The van der Waals surface area contributed by atoms with Gasteiger partial charge in [-0.3, -0.25) is 5.32 Å². The van der Waals surface area contributed by atoms with Crippen LogP contribution in [0.4, 0.5) is 10.5 Å². The normalized spacial score (nSPS) is 23.8. The molecule has 0 saturated carbocycles. The molecule has 3 rings (SSSR count). The highest BCUT2D eigenvalue weighted by Gasteiger charge is 2.39. The molecule has 2 N–H and O–H groups in total. The van der Waals surface area contributed by atoms with E-state index < -0.39 is 11.7 Å². The van der Waals surface area contributed by atoms with E-state index in [2.05, 4.69) is 10.6 Å². The molecule has 1 saturated heterocycles. The smallest absolute Gasteiger partial charge is 0.412 e. The highest BCUT2D eigenvalue weighted by Crippen LogP contribution is 2.39. The van der Waals surface area contributed by atoms with Crippen molar-refractivity contribution in [3.63, 3.8) is 0 Å². The quantitative estimate of drug-likeness (QED) is 0.832. The molecule has 6 nitrogen and oxygen atoms in total. The third-order valence-electron chi connectivity index (χ3n) is 3.99. The zero-order valence-corrected chi connectivity index (χ0v) is 13.9. The van der Waals surface area contributed by atoms with E-state index in [0.29, 0.717) is 25.5 Å². The van der Waals surface area contributed by atoms with Gasteiger partial charge in [0.05, 0.1) is 25.4 Å². The first-order valence-electron chi connectivity index (χ1n) is 7.98. The summed E-state index contributed by atoms with van der Waals surface area (Å²) in [5.74, 6) is 0.837. The molecule has 2 heterocycles. The van der Waals surface area contributed by atoms with Crippen molar-refractivity contribution in [2.24, 2.45) is 0 Å². The number of anilines is 1. The summed E-state index contributed by atoms with van der Waals surface area (Å²) in [5.41, 5.74) is 0.950. The fraction of sp³-hybridized carbons (Fsp3) is 0.588. The molecule has 2 aliphatic rings. The monoisotopic (exact) mass is 320 g/mol. The molecule has 1 aromatic carbocycles. The Morgan fingerprint density at radius 3 is 2.87 bits per heavy atom. The molecule has 126 valence electrons.